The van der Waals surface area contributed by atoms with Crippen LogP contribution in [0, 0.1) is 0 Å². The SMILES string of the molecule is CN(C)C1CN(CC(O)c2ccccc2)CCC1(O)c1ccccc1. The average molecular weight is 340 g/mol. The second-order valence-corrected chi connectivity index (χ2v) is 7.21. The predicted octanol–water partition coefficient (Wildman–Crippen LogP) is 2.24. The number of β-amino-alcohol motifs (C(OH)–C–C–N with tert-alkyl or cyclic N) is 1. The van der Waals surface area contributed by atoms with Gasteiger partial charge >= 0.3 is 0 Å². The van der Waals surface area contributed by atoms with Gasteiger partial charge in [0, 0.05) is 19.6 Å². The standard InChI is InChI=1S/C21H28N2O2/c1-22(2)20-16-23(15-19(24)17-9-5-3-6-10-17)14-13-21(20,25)18-11-7-4-8-12-18/h3-12,19-20,24-25H,13-16H2,1-2H3. The van der Waals surface area contributed by atoms with Crippen LogP contribution in [0.1, 0.15) is 23.7 Å². The average Bonchev–Trinajstić information content (AvgIpc) is 2.64. The van der Waals surface area contributed by atoms with Crippen molar-refractivity contribution < 1.29 is 10.2 Å². The Morgan fingerprint density at radius 3 is 2.28 bits per heavy atom. The first-order valence-corrected chi connectivity index (χ1v) is 8.90. The van der Waals surface area contributed by atoms with E-state index >= 15 is 0 Å². The van der Waals surface area contributed by atoms with Gasteiger partial charge in [0.25, 0.3) is 0 Å². The van der Waals surface area contributed by atoms with Crippen molar-refractivity contribution in [1.29, 1.82) is 0 Å². The van der Waals surface area contributed by atoms with Gasteiger partial charge in [-0.05, 0) is 31.6 Å². The summed E-state index contributed by atoms with van der Waals surface area (Å²) in [5.41, 5.74) is 1.05. The Kier molecular flexibility index (Phi) is 5.54. The van der Waals surface area contributed by atoms with E-state index < -0.39 is 11.7 Å². The number of benzene rings is 2. The lowest BCUT2D eigenvalue weighted by atomic mass is 9.79. The molecule has 0 saturated carbocycles. The molecule has 1 saturated heterocycles. The Hall–Kier alpha value is -1.72. The van der Waals surface area contributed by atoms with Crippen LogP contribution in [-0.4, -0.2) is 59.8 Å². The maximum absolute atomic E-state index is 11.4. The zero-order chi connectivity index (χ0) is 17.9. The number of piperidine rings is 1. The summed E-state index contributed by atoms with van der Waals surface area (Å²) < 4.78 is 0. The fraction of sp³-hybridized carbons (Fsp3) is 0.429. The molecule has 134 valence electrons. The highest BCUT2D eigenvalue weighted by atomic mass is 16.3. The molecule has 4 nitrogen and oxygen atoms in total. The summed E-state index contributed by atoms with van der Waals surface area (Å²) in [6.45, 7) is 2.07. The molecule has 1 aliphatic heterocycles. The third-order valence-electron chi connectivity index (χ3n) is 5.30. The molecule has 3 unspecified atom stereocenters. The minimum atomic E-state index is -0.862. The summed E-state index contributed by atoms with van der Waals surface area (Å²) in [4.78, 5) is 4.34. The van der Waals surface area contributed by atoms with Crippen LogP contribution in [0.4, 0.5) is 0 Å². The van der Waals surface area contributed by atoms with Crippen molar-refractivity contribution in [2.75, 3.05) is 33.7 Å². The highest BCUT2D eigenvalue weighted by molar-refractivity contribution is 5.26. The van der Waals surface area contributed by atoms with Crippen LogP contribution in [0.3, 0.4) is 0 Å². The highest BCUT2D eigenvalue weighted by Crippen LogP contribution is 2.35. The number of hydrogen-bond acceptors (Lipinski definition) is 4. The first-order valence-electron chi connectivity index (χ1n) is 8.90. The van der Waals surface area contributed by atoms with E-state index in [1.807, 2.05) is 74.8 Å². The minimum absolute atomic E-state index is 0.0216. The van der Waals surface area contributed by atoms with E-state index in [0.29, 0.717) is 13.0 Å². The summed E-state index contributed by atoms with van der Waals surface area (Å²) in [5.74, 6) is 0. The molecule has 4 heteroatoms. The van der Waals surface area contributed by atoms with Gasteiger partial charge in [0.15, 0.2) is 0 Å². The summed E-state index contributed by atoms with van der Waals surface area (Å²) >= 11 is 0. The van der Waals surface area contributed by atoms with Crippen LogP contribution < -0.4 is 0 Å². The van der Waals surface area contributed by atoms with Gasteiger partial charge in [-0.15, -0.1) is 0 Å². The van der Waals surface area contributed by atoms with E-state index in [1.165, 1.54) is 0 Å². The van der Waals surface area contributed by atoms with E-state index in [0.717, 1.165) is 24.2 Å². The van der Waals surface area contributed by atoms with Crippen molar-refractivity contribution in [1.82, 2.24) is 9.80 Å². The topological polar surface area (TPSA) is 46.9 Å². The number of aliphatic hydroxyl groups excluding tert-OH is 1. The maximum Gasteiger partial charge on any atom is 0.107 e. The Morgan fingerprint density at radius 2 is 1.68 bits per heavy atom. The molecule has 0 spiro atoms. The molecule has 0 bridgehead atoms. The molecule has 0 amide bonds. The van der Waals surface area contributed by atoms with Gasteiger partial charge in [-0.2, -0.15) is 0 Å². The lowest BCUT2D eigenvalue weighted by Crippen LogP contribution is -2.59. The molecular formula is C21H28N2O2. The number of rotatable bonds is 5. The summed E-state index contributed by atoms with van der Waals surface area (Å²) in [6, 6.07) is 19.7. The van der Waals surface area contributed by atoms with Crippen molar-refractivity contribution in [2.24, 2.45) is 0 Å². The largest absolute Gasteiger partial charge is 0.387 e. The van der Waals surface area contributed by atoms with E-state index in [1.54, 1.807) is 0 Å². The predicted molar refractivity (Wildman–Crippen MR) is 100 cm³/mol. The normalized spacial score (nSPS) is 25.9. The minimum Gasteiger partial charge on any atom is -0.387 e. The number of hydrogen-bond donors (Lipinski definition) is 2. The molecule has 2 aromatic carbocycles. The van der Waals surface area contributed by atoms with Crippen molar-refractivity contribution >= 4 is 0 Å². The molecule has 1 fully saturated rings. The maximum atomic E-state index is 11.4. The monoisotopic (exact) mass is 340 g/mol. The molecule has 1 heterocycles. The lowest BCUT2D eigenvalue weighted by Gasteiger charge is -2.48. The van der Waals surface area contributed by atoms with Crippen LogP contribution >= 0.6 is 0 Å². The number of aliphatic hydroxyl groups is 2. The number of nitrogens with zero attached hydrogens (tertiary/aromatic N) is 2. The first kappa shape index (κ1) is 18.1. The van der Waals surface area contributed by atoms with Crippen molar-refractivity contribution in [2.45, 2.75) is 24.2 Å². The second-order valence-electron chi connectivity index (χ2n) is 7.21. The third kappa shape index (κ3) is 3.93. The lowest BCUT2D eigenvalue weighted by molar-refractivity contribution is -0.0927. The zero-order valence-corrected chi connectivity index (χ0v) is 15.0. The molecule has 25 heavy (non-hydrogen) atoms. The molecule has 0 radical (unpaired) electrons. The molecule has 1 aliphatic rings. The van der Waals surface area contributed by atoms with Gasteiger partial charge in [0.1, 0.15) is 5.60 Å². The van der Waals surface area contributed by atoms with Crippen LogP contribution in [0.15, 0.2) is 60.7 Å². The van der Waals surface area contributed by atoms with Gasteiger partial charge in [-0.25, -0.2) is 0 Å². The first-order chi connectivity index (χ1) is 12.0. The van der Waals surface area contributed by atoms with Crippen LogP contribution in [0.5, 0.6) is 0 Å². The van der Waals surface area contributed by atoms with Gasteiger partial charge in [-0.1, -0.05) is 60.7 Å². The van der Waals surface area contributed by atoms with E-state index in [4.69, 9.17) is 0 Å². The Bertz CT molecular complexity index is 662. The van der Waals surface area contributed by atoms with E-state index in [2.05, 4.69) is 9.80 Å². The van der Waals surface area contributed by atoms with Crippen LogP contribution in [0.25, 0.3) is 0 Å². The smallest absolute Gasteiger partial charge is 0.107 e. The van der Waals surface area contributed by atoms with Gasteiger partial charge in [0.2, 0.25) is 0 Å². The highest BCUT2D eigenvalue weighted by Gasteiger charge is 2.44. The molecular weight excluding hydrogens is 312 g/mol. The Morgan fingerprint density at radius 1 is 1.08 bits per heavy atom. The van der Waals surface area contributed by atoms with Gasteiger partial charge in [-0.3, -0.25) is 4.90 Å². The second kappa shape index (κ2) is 7.67. The molecule has 2 N–H and O–H groups in total. The van der Waals surface area contributed by atoms with E-state index in [-0.39, 0.29) is 6.04 Å². The Balaban J connectivity index is 1.74. The number of likely N-dealkylation sites (tertiary alicyclic amines) is 1. The molecule has 2 aromatic rings. The van der Waals surface area contributed by atoms with Crippen molar-refractivity contribution in [3.63, 3.8) is 0 Å². The molecule has 0 aromatic heterocycles. The van der Waals surface area contributed by atoms with E-state index in [9.17, 15) is 10.2 Å². The molecule has 0 aliphatic carbocycles. The third-order valence-corrected chi connectivity index (χ3v) is 5.30. The summed E-state index contributed by atoms with van der Waals surface area (Å²) in [5, 5.41) is 21.9. The number of likely N-dealkylation sites (N-methyl/N-ethyl adjacent to an activating group) is 1. The van der Waals surface area contributed by atoms with Gasteiger partial charge in [0.05, 0.1) is 12.1 Å². The van der Waals surface area contributed by atoms with Gasteiger partial charge < -0.3 is 15.1 Å². The quantitative estimate of drug-likeness (QED) is 0.876. The fourth-order valence-electron chi connectivity index (χ4n) is 3.83. The Labute approximate surface area is 150 Å². The summed E-state index contributed by atoms with van der Waals surface area (Å²) in [7, 11) is 4.02. The van der Waals surface area contributed by atoms with Crippen LogP contribution in [-0.2, 0) is 5.60 Å². The molecule has 3 rings (SSSR count). The zero-order valence-electron chi connectivity index (χ0n) is 15.0. The van der Waals surface area contributed by atoms with Crippen molar-refractivity contribution in [3.8, 4) is 0 Å². The fourth-order valence-corrected chi connectivity index (χ4v) is 3.83. The van der Waals surface area contributed by atoms with Crippen LogP contribution in [0.2, 0.25) is 0 Å². The van der Waals surface area contributed by atoms with Crippen molar-refractivity contribution in [3.05, 3.63) is 71.8 Å². The molecule has 3 atom stereocenters. The summed E-state index contributed by atoms with van der Waals surface area (Å²) in [6.07, 6.45) is 0.147.